The van der Waals surface area contributed by atoms with Gasteiger partial charge in [-0.05, 0) is 42.0 Å². The summed E-state index contributed by atoms with van der Waals surface area (Å²) in [7, 11) is 3.89. The van der Waals surface area contributed by atoms with Crippen molar-refractivity contribution in [2.45, 2.75) is 45.6 Å². The molecule has 164 valence electrons. The molecule has 0 atom stereocenters. The zero-order valence-electron chi connectivity index (χ0n) is 18.3. The van der Waals surface area contributed by atoms with Crippen LogP contribution in [-0.4, -0.2) is 44.3 Å². The topological polar surface area (TPSA) is 46.1 Å². The number of nitrogens with one attached hydrogen (secondary N) is 1. The maximum atomic E-state index is 6.00. The zero-order valence-corrected chi connectivity index (χ0v) is 20.6. The first-order valence-electron chi connectivity index (χ1n) is 10.4. The van der Waals surface area contributed by atoms with Crippen LogP contribution in [0, 0.1) is 6.92 Å². The van der Waals surface area contributed by atoms with Crippen molar-refractivity contribution in [3.8, 4) is 0 Å². The fraction of sp³-hybridized carbons (Fsp3) is 0.458. The van der Waals surface area contributed by atoms with Gasteiger partial charge in [-0.15, -0.1) is 24.0 Å². The average Bonchev–Trinajstić information content (AvgIpc) is 2.76. The number of ether oxygens (including phenoxy) is 2. The molecule has 3 rings (SSSR count). The number of hydrogen-bond donors (Lipinski definition) is 1. The van der Waals surface area contributed by atoms with Crippen molar-refractivity contribution < 1.29 is 9.47 Å². The molecule has 1 aliphatic heterocycles. The van der Waals surface area contributed by atoms with Gasteiger partial charge in [0, 0.05) is 40.4 Å². The second kappa shape index (κ2) is 12.9. The number of benzene rings is 2. The summed E-state index contributed by atoms with van der Waals surface area (Å²) in [5.74, 6) is 0.889. The molecule has 0 bridgehead atoms. The van der Waals surface area contributed by atoms with E-state index in [4.69, 9.17) is 9.47 Å². The van der Waals surface area contributed by atoms with E-state index in [-0.39, 0.29) is 24.0 Å². The van der Waals surface area contributed by atoms with Crippen LogP contribution in [0.4, 0.5) is 0 Å². The highest BCUT2D eigenvalue weighted by Crippen LogP contribution is 2.14. The lowest BCUT2D eigenvalue weighted by atomic mass is 10.1. The Morgan fingerprint density at radius 1 is 1.10 bits per heavy atom. The first-order chi connectivity index (χ1) is 14.2. The zero-order chi connectivity index (χ0) is 20.5. The molecule has 0 aromatic heterocycles. The molecule has 1 saturated heterocycles. The molecule has 0 unspecified atom stereocenters. The number of aryl methyl sites for hydroxylation is 1. The Bertz CT molecular complexity index is 789. The van der Waals surface area contributed by atoms with Crippen LogP contribution in [0.5, 0.6) is 0 Å². The molecular formula is C24H34IN3O2. The van der Waals surface area contributed by atoms with Gasteiger partial charge in [-0.1, -0.05) is 48.5 Å². The molecule has 1 fully saturated rings. The maximum Gasteiger partial charge on any atom is 0.193 e. The molecule has 2 aromatic rings. The fourth-order valence-electron chi connectivity index (χ4n) is 3.49. The van der Waals surface area contributed by atoms with Crippen molar-refractivity contribution in [3.05, 3.63) is 70.8 Å². The van der Waals surface area contributed by atoms with Gasteiger partial charge in [0.25, 0.3) is 0 Å². The Balaban J connectivity index is 0.00000320. The quantitative estimate of drug-likeness (QED) is 0.330. The minimum Gasteiger partial charge on any atom is -0.381 e. The van der Waals surface area contributed by atoms with Crippen molar-refractivity contribution in [2.75, 3.05) is 27.3 Å². The summed E-state index contributed by atoms with van der Waals surface area (Å²) in [4.78, 5) is 6.58. The van der Waals surface area contributed by atoms with Crippen LogP contribution in [0.2, 0.25) is 0 Å². The largest absolute Gasteiger partial charge is 0.381 e. The molecule has 0 saturated carbocycles. The van der Waals surface area contributed by atoms with E-state index in [1.807, 2.05) is 7.05 Å². The van der Waals surface area contributed by atoms with Gasteiger partial charge in [0.2, 0.25) is 0 Å². The van der Waals surface area contributed by atoms with E-state index in [0.717, 1.165) is 45.1 Å². The number of halogens is 1. The summed E-state index contributed by atoms with van der Waals surface area (Å²) in [6, 6.07) is 17.1. The second-order valence-corrected chi connectivity index (χ2v) is 7.62. The summed E-state index contributed by atoms with van der Waals surface area (Å²) in [5.41, 5.74) is 5.05. The third-order valence-electron chi connectivity index (χ3n) is 5.37. The molecule has 0 spiro atoms. The average molecular weight is 523 g/mol. The lowest BCUT2D eigenvalue weighted by molar-refractivity contribution is -0.0390. The van der Waals surface area contributed by atoms with Crippen molar-refractivity contribution in [3.63, 3.8) is 0 Å². The van der Waals surface area contributed by atoms with Gasteiger partial charge >= 0.3 is 0 Å². The van der Waals surface area contributed by atoms with E-state index in [0.29, 0.717) is 12.7 Å². The third kappa shape index (κ3) is 7.56. The number of nitrogens with zero attached hydrogens (tertiary/aromatic N) is 2. The van der Waals surface area contributed by atoms with Gasteiger partial charge in [-0.3, -0.25) is 4.99 Å². The molecular weight excluding hydrogens is 489 g/mol. The van der Waals surface area contributed by atoms with Crippen LogP contribution in [0.15, 0.2) is 53.5 Å². The highest BCUT2D eigenvalue weighted by molar-refractivity contribution is 14.0. The van der Waals surface area contributed by atoms with E-state index in [1.165, 1.54) is 22.3 Å². The minimum atomic E-state index is 0. The summed E-state index contributed by atoms with van der Waals surface area (Å²) in [6.07, 6.45) is 2.33. The van der Waals surface area contributed by atoms with Crippen molar-refractivity contribution in [1.29, 1.82) is 0 Å². The molecule has 0 radical (unpaired) electrons. The van der Waals surface area contributed by atoms with E-state index in [1.54, 1.807) is 0 Å². The van der Waals surface area contributed by atoms with E-state index < -0.39 is 0 Å². The summed E-state index contributed by atoms with van der Waals surface area (Å²) >= 11 is 0. The Morgan fingerprint density at radius 3 is 2.43 bits per heavy atom. The number of hydrogen-bond acceptors (Lipinski definition) is 3. The van der Waals surface area contributed by atoms with Crippen molar-refractivity contribution >= 4 is 29.9 Å². The van der Waals surface area contributed by atoms with Crippen LogP contribution >= 0.6 is 24.0 Å². The first kappa shape index (κ1) is 24.6. The summed E-state index contributed by atoms with van der Waals surface area (Å²) in [6.45, 7) is 6.01. The van der Waals surface area contributed by atoms with Gasteiger partial charge in [0.1, 0.15) is 0 Å². The number of aliphatic imine (C=N–C) groups is 1. The van der Waals surface area contributed by atoms with E-state index in [2.05, 4.69) is 77.7 Å². The van der Waals surface area contributed by atoms with E-state index in [9.17, 15) is 0 Å². The molecule has 2 aromatic carbocycles. The number of rotatable bonds is 7. The third-order valence-corrected chi connectivity index (χ3v) is 5.37. The van der Waals surface area contributed by atoms with Gasteiger partial charge in [0.05, 0.1) is 12.7 Å². The van der Waals surface area contributed by atoms with Crippen molar-refractivity contribution in [1.82, 2.24) is 10.2 Å². The van der Waals surface area contributed by atoms with Gasteiger partial charge < -0.3 is 19.7 Å². The highest BCUT2D eigenvalue weighted by Gasteiger charge is 2.14. The molecule has 1 N–H and O–H groups in total. The Morgan fingerprint density at radius 2 is 1.77 bits per heavy atom. The summed E-state index contributed by atoms with van der Waals surface area (Å²) < 4.78 is 11.4. The maximum absolute atomic E-state index is 6.00. The molecule has 0 amide bonds. The Labute approximate surface area is 197 Å². The van der Waals surface area contributed by atoms with Crippen LogP contribution in [0.25, 0.3) is 0 Å². The molecule has 6 heteroatoms. The fourth-order valence-corrected chi connectivity index (χ4v) is 3.49. The molecule has 30 heavy (non-hydrogen) atoms. The Kier molecular flexibility index (Phi) is 10.6. The Hall–Kier alpha value is -1.64. The predicted octanol–water partition coefficient (Wildman–Crippen LogP) is 4.52. The van der Waals surface area contributed by atoms with Crippen molar-refractivity contribution in [2.24, 2.45) is 4.99 Å². The van der Waals surface area contributed by atoms with Crippen LogP contribution in [0.3, 0.4) is 0 Å². The predicted molar refractivity (Wildman–Crippen MR) is 133 cm³/mol. The lowest BCUT2D eigenvalue weighted by Crippen LogP contribution is -2.38. The smallest absolute Gasteiger partial charge is 0.193 e. The second-order valence-electron chi connectivity index (χ2n) is 7.62. The van der Waals surface area contributed by atoms with E-state index >= 15 is 0 Å². The van der Waals surface area contributed by atoms with Crippen LogP contribution < -0.4 is 5.32 Å². The standard InChI is InChI=1S/C24H33N3O2.HI/c1-19-6-4-5-7-22(19)17-27(3)24(25-2)26-16-20-8-10-21(11-9-20)18-29-23-12-14-28-15-13-23;/h4-11,23H,12-18H2,1-3H3,(H,25,26);1H. The first-order valence-corrected chi connectivity index (χ1v) is 10.4. The SMILES string of the molecule is CN=C(NCc1ccc(COC2CCOCC2)cc1)N(C)Cc1ccccc1C.I. The molecule has 5 nitrogen and oxygen atoms in total. The summed E-state index contributed by atoms with van der Waals surface area (Å²) in [5, 5.41) is 3.46. The monoisotopic (exact) mass is 523 g/mol. The van der Waals surface area contributed by atoms with Crippen LogP contribution in [0.1, 0.15) is 35.1 Å². The molecule has 1 aliphatic rings. The number of guanidine groups is 1. The minimum absolute atomic E-state index is 0. The van der Waals surface area contributed by atoms with Gasteiger partial charge in [-0.2, -0.15) is 0 Å². The molecule has 0 aliphatic carbocycles. The highest BCUT2D eigenvalue weighted by atomic mass is 127. The van der Waals surface area contributed by atoms with Gasteiger partial charge in [0.15, 0.2) is 5.96 Å². The molecule has 1 heterocycles. The lowest BCUT2D eigenvalue weighted by Gasteiger charge is -2.23. The van der Waals surface area contributed by atoms with Crippen LogP contribution in [-0.2, 0) is 29.2 Å². The van der Waals surface area contributed by atoms with Gasteiger partial charge in [-0.25, -0.2) is 0 Å². The normalized spacial score (nSPS) is 14.8.